The molecule has 0 N–H and O–H groups in total. The number of benzene rings is 2. The third-order valence-corrected chi connectivity index (χ3v) is 3.78. The van der Waals surface area contributed by atoms with Gasteiger partial charge in [0.05, 0.1) is 17.9 Å². The van der Waals surface area contributed by atoms with Gasteiger partial charge in [-0.05, 0) is 38.0 Å². The average Bonchev–Trinajstić information content (AvgIpc) is 2.62. The van der Waals surface area contributed by atoms with E-state index < -0.39 is 5.97 Å². The molecule has 0 aromatic heterocycles. The summed E-state index contributed by atoms with van der Waals surface area (Å²) in [7, 11) is 0. The van der Waals surface area contributed by atoms with Crippen molar-refractivity contribution in [1.82, 2.24) is 0 Å². The fourth-order valence-electron chi connectivity index (χ4n) is 2.60. The van der Waals surface area contributed by atoms with Crippen LogP contribution in [0.4, 0.5) is 5.69 Å². The molecule has 0 aliphatic heterocycles. The van der Waals surface area contributed by atoms with E-state index in [1.807, 2.05) is 43.3 Å². The molecule has 126 valence electrons. The van der Waals surface area contributed by atoms with Crippen molar-refractivity contribution < 1.29 is 14.3 Å². The minimum Gasteiger partial charge on any atom is -0.462 e. The summed E-state index contributed by atoms with van der Waals surface area (Å²) < 4.78 is 5.10. The van der Waals surface area contributed by atoms with Crippen LogP contribution in [0.3, 0.4) is 0 Å². The van der Waals surface area contributed by atoms with E-state index in [9.17, 15) is 9.59 Å². The number of aryl methyl sites for hydroxylation is 1. The number of rotatable bonds is 7. The molecule has 0 heterocycles. The topological polar surface area (TPSA) is 46.6 Å². The standard InChI is InChI=1S/C20H23NO3/c1-3-21(19(22)15-14-16-10-6-5-7-11-16)18-13-9-8-12-17(18)20(23)24-4-2/h5-13H,3-4,14-15H2,1-2H3. The molecule has 2 aromatic carbocycles. The van der Waals surface area contributed by atoms with Gasteiger partial charge in [-0.1, -0.05) is 42.5 Å². The van der Waals surface area contributed by atoms with Gasteiger partial charge >= 0.3 is 5.97 Å². The van der Waals surface area contributed by atoms with E-state index in [0.717, 1.165) is 5.56 Å². The highest BCUT2D eigenvalue weighted by Crippen LogP contribution is 2.22. The molecule has 2 rings (SSSR count). The summed E-state index contributed by atoms with van der Waals surface area (Å²) in [6, 6.07) is 17.0. The van der Waals surface area contributed by atoms with Gasteiger partial charge in [-0.3, -0.25) is 4.79 Å². The molecule has 0 saturated carbocycles. The Labute approximate surface area is 143 Å². The van der Waals surface area contributed by atoms with E-state index in [1.165, 1.54) is 0 Å². The number of hydrogen-bond donors (Lipinski definition) is 0. The monoisotopic (exact) mass is 325 g/mol. The van der Waals surface area contributed by atoms with Crippen LogP contribution in [0.2, 0.25) is 0 Å². The lowest BCUT2D eigenvalue weighted by molar-refractivity contribution is -0.118. The zero-order valence-corrected chi connectivity index (χ0v) is 14.2. The van der Waals surface area contributed by atoms with Crippen molar-refractivity contribution in [1.29, 1.82) is 0 Å². The molecule has 0 saturated heterocycles. The maximum atomic E-state index is 12.7. The molecule has 0 radical (unpaired) electrons. The van der Waals surface area contributed by atoms with Crippen LogP contribution in [0.5, 0.6) is 0 Å². The largest absolute Gasteiger partial charge is 0.462 e. The first-order valence-electron chi connectivity index (χ1n) is 8.27. The number of esters is 1. The van der Waals surface area contributed by atoms with Crippen LogP contribution < -0.4 is 4.90 Å². The molecule has 4 heteroatoms. The lowest BCUT2D eigenvalue weighted by Gasteiger charge is -2.23. The van der Waals surface area contributed by atoms with E-state index in [1.54, 1.807) is 30.0 Å². The maximum absolute atomic E-state index is 12.7. The molecule has 0 fully saturated rings. The van der Waals surface area contributed by atoms with E-state index in [4.69, 9.17) is 4.74 Å². The quantitative estimate of drug-likeness (QED) is 0.727. The minimum absolute atomic E-state index is 0.00176. The number of anilines is 1. The van der Waals surface area contributed by atoms with E-state index in [2.05, 4.69) is 0 Å². The van der Waals surface area contributed by atoms with Crippen molar-refractivity contribution in [3.63, 3.8) is 0 Å². The van der Waals surface area contributed by atoms with Crippen molar-refractivity contribution in [2.75, 3.05) is 18.1 Å². The Balaban J connectivity index is 2.15. The number of ether oxygens (including phenoxy) is 1. The first kappa shape index (κ1) is 17.7. The molecule has 0 bridgehead atoms. The van der Waals surface area contributed by atoms with Gasteiger partial charge < -0.3 is 9.64 Å². The highest BCUT2D eigenvalue weighted by Gasteiger charge is 2.20. The van der Waals surface area contributed by atoms with Gasteiger partial charge in [0, 0.05) is 13.0 Å². The van der Waals surface area contributed by atoms with Crippen LogP contribution in [0, 0.1) is 0 Å². The van der Waals surface area contributed by atoms with Crippen LogP contribution in [-0.2, 0) is 16.0 Å². The number of para-hydroxylation sites is 1. The third kappa shape index (κ3) is 4.44. The van der Waals surface area contributed by atoms with Crippen molar-refractivity contribution in [2.24, 2.45) is 0 Å². The Morgan fingerprint density at radius 2 is 1.62 bits per heavy atom. The first-order chi connectivity index (χ1) is 11.7. The Kier molecular flexibility index (Phi) is 6.55. The predicted octanol–water partition coefficient (Wildman–Crippen LogP) is 3.85. The molecule has 24 heavy (non-hydrogen) atoms. The number of nitrogens with zero attached hydrogens (tertiary/aromatic N) is 1. The van der Waals surface area contributed by atoms with Crippen LogP contribution in [0.25, 0.3) is 0 Å². The molecule has 0 unspecified atom stereocenters. The highest BCUT2D eigenvalue weighted by molar-refractivity contribution is 6.02. The lowest BCUT2D eigenvalue weighted by atomic mass is 10.1. The second-order valence-electron chi connectivity index (χ2n) is 5.36. The Hall–Kier alpha value is -2.62. The SMILES string of the molecule is CCOC(=O)c1ccccc1N(CC)C(=O)CCc1ccccc1. The fraction of sp³-hybridized carbons (Fsp3) is 0.300. The summed E-state index contributed by atoms with van der Waals surface area (Å²) in [5.74, 6) is -0.402. The molecule has 0 spiro atoms. The predicted molar refractivity (Wildman–Crippen MR) is 95.2 cm³/mol. The molecular formula is C20H23NO3. The minimum atomic E-state index is -0.401. The maximum Gasteiger partial charge on any atom is 0.340 e. The summed E-state index contributed by atoms with van der Waals surface area (Å²) in [6.07, 6.45) is 1.08. The van der Waals surface area contributed by atoms with Gasteiger partial charge in [-0.2, -0.15) is 0 Å². The average molecular weight is 325 g/mol. The summed E-state index contributed by atoms with van der Waals surface area (Å²) in [5, 5.41) is 0. The summed E-state index contributed by atoms with van der Waals surface area (Å²) in [5.41, 5.74) is 2.16. The molecule has 0 aliphatic carbocycles. The number of hydrogen-bond acceptors (Lipinski definition) is 3. The van der Waals surface area contributed by atoms with Crippen LogP contribution in [0.1, 0.15) is 36.2 Å². The molecular weight excluding hydrogens is 302 g/mol. The Morgan fingerprint density at radius 3 is 2.29 bits per heavy atom. The fourth-order valence-corrected chi connectivity index (χ4v) is 2.60. The van der Waals surface area contributed by atoms with Crippen molar-refractivity contribution in [2.45, 2.75) is 26.7 Å². The summed E-state index contributed by atoms with van der Waals surface area (Å²) in [4.78, 5) is 26.4. The summed E-state index contributed by atoms with van der Waals surface area (Å²) in [6.45, 7) is 4.48. The molecule has 4 nitrogen and oxygen atoms in total. The van der Waals surface area contributed by atoms with Crippen molar-refractivity contribution in [3.8, 4) is 0 Å². The van der Waals surface area contributed by atoms with Crippen molar-refractivity contribution in [3.05, 3.63) is 65.7 Å². The van der Waals surface area contributed by atoms with Crippen molar-refractivity contribution >= 4 is 17.6 Å². The second kappa shape index (κ2) is 8.87. The van der Waals surface area contributed by atoms with Crippen LogP contribution in [-0.4, -0.2) is 25.0 Å². The summed E-state index contributed by atoms with van der Waals surface area (Å²) >= 11 is 0. The van der Waals surface area contributed by atoms with Gasteiger partial charge in [-0.15, -0.1) is 0 Å². The van der Waals surface area contributed by atoms with E-state index in [0.29, 0.717) is 37.2 Å². The Bertz CT molecular complexity index is 682. The molecule has 2 aromatic rings. The van der Waals surface area contributed by atoms with E-state index >= 15 is 0 Å². The highest BCUT2D eigenvalue weighted by atomic mass is 16.5. The zero-order chi connectivity index (χ0) is 17.4. The van der Waals surface area contributed by atoms with Gasteiger partial charge in [0.2, 0.25) is 5.91 Å². The second-order valence-corrected chi connectivity index (χ2v) is 5.36. The van der Waals surface area contributed by atoms with Gasteiger partial charge in [0.1, 0.15) is 0 Å². The zero-order valence-electron chi connectivity index (χ0n) is 14.2. The van der Waals surface area contributed by atoms with Gasteiger partial charge in [0.15, 0.2) is 0 Å². The number of carbonyl (C=O) groups excluding carboxylic acids is 2. The third-order valence-electron chi connectivity index (χ3n) is 3.78. The van der Waals surface area contributed by atoms with Gasteiger partial charge in [-0.25, -0.2) is 4.79 Å². The molecule has 0 atom stereocenters. The van der Waals surface area contributed by atoms with Crippen LogP contribution >= 0.6 is 0 Å². The molecule has 1 amide bonds. The first-order valence-corrected chi connectivity index (χ1v) is 8.27. The number of carbonyl (C=O) groups is 2. The Morgan fingerprint density at radius 1 is 0.958 bits per heavy atom. The lowest BCUT2D eigenvalue weighted by Crippen LogP contribution is -2.32. The van der Waals surface area contributed by atoms with Gasteiger partial charge in [0.25, 0.3) is 0 Å². The normalized spacial score (nSPS) is 10.2. The van der Waals surface area contributed by atoms with E-state index in [-0.39, 0.29) is 5.91 Å². The smallest absolute Gasteiger partial charge is 0.340 e. The van der Waals surface area contributed by atoms with Crippen LogP contribution in [0.15, 0.2) is 54.6 Å². The molecule has 0 aliphatic rings. The number of amides is 1.